The van der Waals surface area contributed by atoms with Crippen molar-refractivity contribution in [3.05, 3.63) is 30.3 Å². The lowest BCUT2D eigenvalue weighted by atomic mass is 9.84. The minimum absolute atomic E-state index is 0.373. The Morgan fingerprint density at radius 1 is 1.14 bits per heavy atom. The van der Waals surface area contributed by atoms with Gasteiger partial charge in [0, 0.05) is 18.6 Å². The van der Waals surface area contributed by atoms with Gasteiger partial charge in [-0.25, -0.2) is 0 Å². The fourth-order valence-electron chi connectivity index (χ4n) is 2.61. The van der Waals surface area contributed by atoms with Gasteiger partial charge in [-0.3, -0.25) is 0 Å². The van der Waals surface area contributed by atoms with E-state index in [4.69, 9.17) is 13.6 Å². The van der Waals surface area contributed by atoms with E-state index in [1.54, 1.807) is 0 Å². The number of ether oxygens (including phenoxy) is 1. The maximum absolute atomic E-state index is 6.26. The molecule has 1 aliphatic rings. The Balaban J connectivity index is 1.87. The van der Waals surface area contributed by atoms with E-state index in [-0.39, 0.29) is 0 Å². The predicted octanol–water partition coefficient (Wildman–Crippen LogP) is 3.23. The van der Waals surface area contributed by atoms with Crippen molar-refractivity contribution in [1.29, 1.82) is 0 Å². The second-order valence-corrected chi connectivity index (χ2v) is 9.46. The maximum atomic E-state index is 6.26. The maximum Gasteiger partial charge on any atom is 0.369 e. The molecule has 4 heteroatoms. The van der Waals surface area contributed by atoms with Crippen LogP contribution in [0.2, 0.25) is 6.55 Å². The van der Waals surface area contributed by atoms with E-state index in [2.05, 4.69) is 44.7 Å². The van der Waals surface area contributed by atoms with E-state index < -0.39 is 8.56 Å². The first-order valence-corrected chi connectivity index (χ1v) is 10.3. The van der Waals surface area contributed by atoms with Gasteiger partial charge in [-0.15, -0.1) is 0 Å². The van der Waals surface area contributed by atoms with Crippen molar-refractivity contribution in [3.8, 4) is 0 Å². The summed E-state index contributed by atoms with van der Waals surface area (Å²) in [5, 5.41) is 1.22. The Kier molecular flexibility index (Phi) is 5.99. The van der Waals surface area contributed by atoms with Crippen molar-refractivity contribution in [1.82, 2.24) is 0 Å². The number of hydrogen-bond donors (Lipinski definition) is 0. The molecular weight excluding hydrogens is 280 g/mol. The average Bonchev–Trinajstić information content (AvgIpc) is 2.49. The van der Waals surface area contributed by atoms with Crippen LogP contribution in [0.3, 0.4) is 0 Å². The van der Waals surface area contributed by atoms with Crippen LogP contribution in [0.15, 0.2) is 30.3 Å². The zero-order valence-electron chi connectivity index (χ0n) is 13.6. The molecule has 1 aromatic rings. The molecule has 1 atom stereocenters. The lowest BCUT2D eigenvalue weighted by Crippen LogP contribution is -2.51. The van der Waals surface area contributed by atoms with Gasteiger partial charge in [0.15, 0.2) is 0 Å². The molecule has 1 saturated heterocycles. The first-order chi connectivity index (χ1) is 10.1. The van der Waals surface area contributed by atoms with E-state index in [9.17, 15) is 0 Å². The molecule has 0 aromatic heterocycles. The van der Waals surface area contributed by atoms with Crippen molar-refractivity contribution < 1.29 is 13.6 Å². The standard InChI is InChI=1S/C17H28O3Si/c1-4-12-19-21(3,16-9-6-5-7-10-16)20-13-8-11-17(2)14-18-15-17/h5-7,9-10H,4,8,11-15H2,1-3H3. The van der Waals surface area contributed by atoms with Gasteiger partial charge in [0.1, 0.15) is 0 Å². The highest BCUT2D eigenvalue weighted by atomic mass is 28.4. The van der Waals surface area contributed by atoms with Crippen molar-refractivity contribution in [2.75, 3.05) is 26.4 Å². The van der Waals surface area contributed by atoms with Crippen LogP contribution in [-0.2, 0) is 13.6 Å². The van der Waals surface area contributed by atoms with Crippen molar-refractivity contribution >= 4 is 13.7 Å². The Labute approximate surface area is 129 Å². The average molecular weight is 308 g/mol. The van der Waals surface area contributed by atoms with Crippen molar-refractivity contribution in [2.45, 2.75) is 39.7 Å². The van der Waals surface area contributed by atoms with Gasteiger partial charge in [-0.2, -0.15) is 0 Å². The Morgan fingerprint density at radius 2 is 1.81 bits per heavy atom. The number of benzene rings is 1. The second-order valence-electron chi connectivity index (χ2n) is 6.42. The summed E-state index contributed by atoms with van der Waals surface area (Å²) in [5.41, 5.74) is 0.373. The van der Waals surface area contributed by atoms with Crippen LogP contribution in [0, 0.1) is 5.41 Å². The third kappa shape index (κ3) is 4.64. The molecule has 1 aromatic carbocycles. The summed E-state index contributed by atoms with van der Waals surface area (Å²) in [6.07, 6.45) is 3.26. The molecule has 118 valence electrons. The molecule has 0 N–H and O–H groups in total. The molecule has 21 heavy (non-hydrogen) atoms. The first kappa shape index (κ1) is 16.7. The zero-order valence-corrected chi connectivity index (χ0v) is 14.6. The summed E-state index contributed by atoms with van der Waals surface area (Å²) < 4.78 is 17.7. The summed E-state index contributed by atoms with van der Waals surface area (Å²) in [6, 6.07) is 10.4. The molecule has 0 amide bonds. The summed E-state index contributed by atoms with van der Waals surface area (Å²) in [4.78, 5) is 0. The van der Waals surface area contributed by atoms with E-state index >= 15 is 0 Å². The third-order valence-corrected chi connectivity index (χ3v) is 6.98. The lowest BCUT2D eigenvalue weighted by molar-refractivity contribution is -0.107. The fourth-order valence-corrected chi connectivity index (χ4v) is 4.95. The second kappa shape index (κ2) is 7.54. The molecule has 2 rings (SSSR count). The SMILES string of the molecule is CCCO[Si](C)(OCCCC1(C)COC1)c1ccccc1. The Bertz CT molecular complexity index is 419. The monoisotopic (exact) mass is 308 g/mol. The zero-order chi connectivity index (χ0) is 15.2. The summed E-state index contributed by atoms with van der Waals surface area (Å²) in [7, 11) is -2.27. The minimum atomic E-state index is -2.27. The van der Waals surface area contributed by atoms with Crippen molar-refractivity contribution in [3.63, 3.8) is 0 Å². The quantitative estimate of drug-likeness (QED) is 0.518. The smallest absolute Gasteiger partial charge is 0.369 e. The van der Waals surface area contributed by atoms with Crippen molar-refractivity contribution in [2.24, 2.45) is 5.41 Å². The normalized spacial score (nSPS) is 19.8. The molecular formula is C17H28O3Si. The van der Waals surface area contributed by atoms with Crippen LogP contribution in [0.4, 0.5) is 0 Å². The number of rotatable bonds is 9. The molecule has 1 unspecified atom stereocenters. The molecule has 1 fully saturated rings. The van der Waals surface area contributed by atoms with E-state index in [1.165, 1.54) is 11.6 Å². The molecule has 0 saturated carbocycles. The van der Waals surface area contributed by atoms with Crippen LogP contribution in [0.5, 0.6) is 0 Å². The Morgan fingerprint density at radius 3 is 2.38 bits per heavy atom. The highest BCUT2D eigenvalue weighted by molar-refractivity contribution is 6.79. The van der Waals surface area contributed by atoms with Gasteiger partial charge in [-0.05, 0) is 31.0 Å². The van der Waals surface area contributed by atoms with E-state index in [1.807, 2.05) is 6.07 Å². The van der Waals surface area contributed by atoms with Gasteiger partial charge in [0.2, 0.25) is 0 Å². The van der Waals surface area contributed by atoms with Crippen LogP contribution in [0.1, 0.15) is 33.1 Å². The van der Waals surface area contributed by atoms with Gasteiger partial charge < -0.3 is 13.6 Å². The molecule has 3 nitrogen and oxygen atoms in total. The predicted molar refractivity (Wildman–Crippen MR) is 88.0 cm³/mol. The van der Waals surface area contributed by atoms with E-state index in [0.29, 0.717) is 5.41 Å². The fraction of sp³-hybridized carbons (Fsp3) is 0.647. The first-order valence-electron chi connectivity index (χ1n) is 7.99. The molecule has 0 aliphatic carbocycles. The third-order valence-electron chi connectivity index (χ3n) is 4.08. The highest BCUT2D eigenvalue weighted by Gasteiger charge is 2.35. The Hall–Kier alpha value is -0.683. The van der Waals surface area contributed by atoms with Crippen LogP contribution in [-0.4, -0.2) is 35.0 Å². The molecule has 1 aliphatic heterocycles. The largest absolute Gasteiger partial charge is 0.391 e. The van der Waals surface area contributed by atoms with Crippen LogP contribution >= 0.6 is 0 Å². The molecule has 0 spiro atoms. The minimum Gasteiger partial charge on any atom is -0.391 e. The highest BCUT2D eigenvalue weighted by Crippen LogP contribution is 2.31. The van der Waals surface area contributed by atoms with Gasteiger partial charge >= 0.3 is 8.56 Å². The van der Waals surface area contributed by atoms with E-state index in [0.717, 1.165) is 39.3 Å². The van der Waals surface area contributed by atoms with Gasteiger partial charge in [0.05, 0.1) is 13.2 Å². The summed E-state index contributed by atoms with van der Waals surface area (Å²) in [6.45, 7) is 9.92. The topological polar surface area (TPSA) is 27.7 Å². The van der Waals surface area contributed by atoms with Gasteiger partial charge in [-0.1, -0.05) is 44.2 Å². The molecule has 1 heterocycles. The lowest BCUT2D eigenvalue weighted by Gasteiger charge is -2.38. The number of hydrogen-bond acceptors (Lipinski definition) is 3. The summed E-state index contributed by atoms with van der Waals surface area (Å²) in [5.74, 6) is 0. The van der Waals surface area contributed by atoms with Crippen LogP contribution < -0.4 is 5.19 Å². The molecule has 0 radical (unpaired) electrons. The molecule has 0 bridgehead atoms. The van der Waals surface area contributed by atoms with Gasteiger partial charge in [0.25, 0.3) is 0 Å². The van der Waals surface area contributed by atoms with Crippen LogP contribution in [0.25, 0.3) is 0 Å². The summed E-state index contributed by atoms with van der Waals surface area (Å²) >= 11 is 0.